The lowest BCUT2D eigenvalue weighted by Crippen LogP contribution is -2.30. The number of aliphatic hydroxyl groups excluding tert-OH is 1. The second-order valence-electron chi connectivity index (χ2n) is 3.68. The van der Waals surface area contributed by atoms with E-state index in [9.17, 15) is 0 Å². The molecule has 0 aromatic carbocycles. The number of hydrogen-bond acceptors (Lipinski definition) is 2. The highest BCUT2D eigenvalue weighted by Gasteiger charge is 2.13. The lowest BCUT2D eigenvalue weighted by molar-refractivity contribution is 0.137. The van der Waals surface area contributed by atoms with Crippen molar-refractivity contribution in [3.05, 3.63) is 22.7 Å². The minimum Gasteiger partial charge on any atom is -0.393 e. The van der Waals surface area contributed by atoms with Crippen molar-refractivity contribution in [2.45, 2.75) is 18.9 Å². The maximum atomic E-state index is 8.87. The molecule has 1 heterocycles. The first-order valence-electron chi connectivity index (χ1n) is 4.96. The van der Waals surface area contributed by atoms with Gasteiger partial charge in [-0.2, -0.15) is 0 Å². The zero-order chi connectivity index (χ0) is 9.97. The molecular formula is C11H14BrNO. The van der Waals surface area contributed by atoms with Crippen molar-refractivity contribution < 1.29 is 5.11 Å². The summed E-state index contributed by atoms with van der Waals surface area (Å²) >= 11 is 3.39. The number of nitrogens with one attached hydrogen (secondary N) is 1. The molecule has 3 heteroatoms. The normalized spacial score (nSPS) is 18.4. The summed E-state index contributed by atoms with van der Waals surface area (Å²) in [6, 6.07) is 6.34. The highest BCUT2D eigenvalue weighted by Crippen LogP contribution is 2.41. The van der Waals surface area contributed by atoms with E-state index in [1.54, 1.807) is 0 Å². The van der Waals surface area contributed by atoms with Gasteiger partial charge in [0.15, 0.2) is 0 Å². The van der Waals surface area contributed by atoms with Crippen LogP contribution in [0, 0.1) is 0 Å². The smallest absolute Gasteiger partial charge is 0.0564 e. The minimum absolute atomic E-state index is 0.0266. The van der Waals surface area contributed by atoms with Crippen molar-refractivity contribution in [1.82, 2.24) is 5.32 Å². The first kappa shape index (κ1) is 10.1. The molecule has 0 aromatic heterocycles. The number of piperidine rings is 1. The predicted octanol–water partition coefficient (Wildman–Crippen LogP) is 2.16. The fourth-order valence-corrected chi connectivity index (χ4v) is 2.00. The van der Waals surface area contributed by atoms with Crippen LogP contribution in [0.15, 0.2) is 22.7 Å². The van der Waals surface area contributed by atoms with Gasteiger partial charge >= 0.3 is 0 Å². The largest absolute Gasteiger partial charge is 0.393 e. The van der Waals surface area contributed by atoms with Gasteiger partial charge in [-0.15, -0.1) is 0 Å². The molecule has 2 aliphatic carbocycles. The van der Waals surface area contributed by atoms with Gasteiger partial charge in [-0.3, -0.25) is 0 Å². The summed E-state index contributed by atoms with van der Waals surface area (Å²) in [7, 11) is 0. The first-order valence-corrected chi connectivity index (χ1v) is 5.75. The molecule has 1 saturated heterocycles. The van der Waals surface area contributed by atoms with Gasteiger partial charge in [0.1, 0.15) is 0 Å². The second-order valence-corrected chi connectivity index (χ2v) is 4.53. The van der Waals surface area contributed by atoms with Gasteiger partial charge in [-0.25, -0.2) is 0 Å². The van der Waals surface area contributed by atoms with E-state index in [0.29, 0.717) is 0 Å². The monoisotopic (exact) mass is 255 g/mol. The summed E-state index contributed by atoms with van der Waals surface area (Å²) in [4.78, 5) is 0. The number of aliphatic hydroxyl groups is 1. The average Bonchev–Trinajstić information content (AvgIpc) is 2.89. The van der Waals surface area contributed by atoms with Crippen LogP contribution in [-0.2, 0) is 0 Å². The summed E-state index contributed by atoms with van der Waals surface area (Å²) in [5.41, 5.74) is 2.78. The van der Waals surface area contributed by atoms with E-state index in [2.05, 4.69) is 39.4 Å². The number of hydrogen-bond donors (Lipinski definition) is 2. The quantitative estimate of drug-likeness (QED) is 0.757. The summed E-state index contributed by atoms with van der Waals surface area (Å²) in [6.45, 7) is 1.97. The van der Waals surface area contributed by atoms with E-state index in [4.69, 9.17) is 5.11 Å². The fourth-order valence-electron chi connectivity index (χ4n) is 1.52. The number of rotatable bonds is 0. The Bertz CT molecular complexity index is 321. The topological polar surface area (TPSA) is 32.3 Å². The third-order valence-corrected chi connectivity index (χ3v) is 3.19. The highest BCUT2D eigenvalue weighted by molar-refractivity contribution is 9.10. The third kappa shape index (κ3) is 2.56. The lowest BCUT2D eigenvalue weighted by atomic mass is 10.1. The molecule has 0 amide bonds. The van der Waals surface area contributed by atoms with E-state index in [1.165, 1.54) is 15.6 Å². The van der Waals surface area contributed by atoms with Gasteiger partial charge in [-0.1, -0.05) is 22.0 Å². The van der Waals surface area contributed by atoms with Crippen molar-refractivity contribution in [2.75, 3.05) is 13.1 Å². The average molecular weight is 256 g/mol. The molecule has 76 valence electrons. The maximum absolute atomic E-state index is 8.87. The van der Waals surface area contributed by atoms with E-state index >= 15 is 0 Å². The summed E-state index contributed by atoms with van der Waals surface area (Å²) in [5.74, 6) is 0. The molecule has 1 fully saturated rings. The Morgan fingerprint density at radius 3 is 2.21 bits per heavy atom. The van der Waals surface area contributed by atoms with Crippen molar-refractivity contribution in [2.24, 2.45) is 0 Å². The van der Waals surface area contributed by atoms with Crippen molar-refractivity contribution in [3.63, 3.8) is 0 Å². The first-order chi connectivity index (χ1) is 6.77. The van der Waals surface area contributed by atoms with Crippen LogP contribution in [-0.4, -0.2) is 24.3 Å². The van der Waals surface area contributed by atoms with Crippen LogP contribution in [0.2, 0.25) is 0 Å². The minimum atomic E-state index is -0.0266. The molecule has 0 aromatic rings. The van der Waals surface area contributed by atoms with Crippen molar-refractivity contribution >= 4 is 15.9 Å². The van der Waals surface area contributed by atoms with E-state index in [1.807, 2.05) is 0 Å². The zero-order valence-electron chi connectivity index (χ0n) is 7.96. The van der Waals surface area contributed by atoms with E-state index in [0.717, 1.165) is 25.9 Å². The van der Waals surface area contributed by atoms with Gasteiger partial charge in [0.05, 0.1) is 6.10 Å². The van der Waals surface area contributed by atoms with Gasteiger partial charge in [0.2, 0.25) is 0 Å². The Morgan fingerprint density at radius 1 is 1.29 bits per heavy atom. The second kappa shape index (κ2) is 4.43. The van der Waals surface area contributed by atoms with Gasteiger partial charge in [-0.05, 0) is 49.2 Å². The molecule has 2 nitrogen and oxygen atoms in total. The Morgan fingerprint density at radius 2 is 2.00 bits per heavy atom. The Labute approximate surface area is 92.5 Å². The van der Waals surface area contributed by atoms with E-state index in [-0.39, 0.29) is 6.10 Å². The summed E-state index contributed by atoms with van der Waals surface area (Å²) < 4.78 is 1.24. The molecule has 3 rings (SSSR count). The number of halogens is 1. The van der Waals surface area contributed by atoms with Crippen LogP contribution in [0.1, 0.15) is 12.8 Å². The van der Waals surface area contributed by atoms with Crippen LogP contribution < -0.4 is 5.32 Å². The molecule has 0 atom stereocenters. The standard InChI is InChI=1S/C6H3Br.C5H11NO/c7-6-2-1-4-3-5(4)6;7-5-1-3-6-4-2-5/h1-3H;5-7H,1-4H2. The Kier molecular flexibility index (Phi) is 3.21. The number of benzene rings is 1. The molecule has 0 bridgehead atoms. The maximum Gasteiger partial charge on any atom is 0.0564 e. The van der Waals surface area contributed by atoms with Gasteiger partial charge in [0, 0.05) is 4.47 Å². The fraction of sp³-hybridized carbons (Fsp3) is 0.455. The zero-order valence-corrected chi connectivity index (χ0v) is 9.55. The molecule has 2 N–H and O–H groups in total. The molecule has 14 heavy (non-hydrogen) atoms. The Balaban J connectivity index is 0.000000107. The number of fused-ring (bicyclic) bond motifs is 1. The molecular weight excluding hydrogens is 242 g/mol. The highest BCUT2D eigenvalue weighted by atomic mass is 79.9. The SMILES string of the molecule is Brc1ccc2cc1-2.OC1CCNCC1. The molecule has 3 aliphatic rings. The molecule has 0 radical (unpaired) electrons. The van der Waals surface area contributed by atoms with E-state index < -0.39 is 0 Å². The summed E-state index contributed by atoms with van der Waals surface area (Å²) in [5, 5.41) is 12.0. The van der Waals surface area contributed by atoms with Crippen LogP contribution in [0.4, 0.5) is 0 Å². The Hall–Kier alpha value is -0.380. The lowest BCUT2D eigenvalue weighted by Gasteiger charge is -2.16. The van der Waals surface area contributed by atoms with Crippen LogP contribution in [0.3, 0.4) is 0 Å². The molecule has 1 aliphatic heterocycles. The van der Waals surface area contributed by atoms with Crippen LogP contribution >= 0.6 is 15.9 Å². The van der Waals surface area contributed by atoms with Crippen LogP contribution in [0.25, 0.3) is 11.1 Å². The predicted molar refractivity (Wildman–Crippen MR) is 61.2 cm³/mol. The van der Waals surface area contributed by atoms with Gasteiger partial charge in [0.25, 0.3) is 0 Å². The van der Waals surface area contributed by atoms with Gasteiger partial charge < -0.3 is 10.4 Å². The molecule has 0 saturated carbocycles. The summed E-state index contributed by atoms with van der Waals surface area (Å²) in [6.07, 6.45) is 1.83. The third-order valence-electron chi connectivity index (χ3n) is 2.50. The molecule has 0 spiro atoms. The van der Waals surface area contributed by atoms with Crippen LogP contribution in [0.5, 0.6) is 0 Å². The molecule has 0 unspecified atom stereocenters. The van der Waals surface area contributed by atoms with Crippen molar-refractivity contribution in [3.8, 4) is 11.1 Å². The van der Waals surface area contributed by atoms with Crippen molar-refractivity contribution in [1.29, 1.82) is 0 Å².